The standard InChI is InChI=1S/C10H8F3N3O3S/c1-20(17,18)19-9(10(11,12)13)16-15-8-4-2-3-7(5-8)6-14/h2-5,15H,1H3. The molecule has 0 bridgehead atoms. The van der Waals surface area contributed by atoms with E-state index in [1.54, 1.807) is 6.07 Å². The molecule has 0 atom stereocenters. The fourth-order valence-corrected chi connectivity index (χ4v) is 1.46. The summed E-state index contributed by atoms with van der Waals surface area (Å²) in [6.07, 6.45) is -4.62. The second-order valence-electron chi connectivity index (χ2n) is 3.51. The van der Waals surface area contributed by atoms with Gasteiger partial charge in [0, 0.05) is 0 Å². The van der Waals surface area contributed by atoms with Gasteiger partial charge in [-0.25, -0.2) is 0 Å². The zero-order valence-corrected chi connectivity index (χ0v) is 10.8. The molecule has 0 aliphatic heterocycles. The Morgan fingerprint density at radius 1 is 1.45 bits per heavy atom. The van der Waals surface area contributed by atoms with Crippen molar-refractivity contribution in [1.82, 2.24) is 0 Å². The van der Waals surface area contributed by atoms with Crippen molar-refractivity contribution in [2.24, 2.45) is 5.10 Å². The Hall–Kier alpha value is -2.28. The van der Waals surface area contributed by atoms with Crippen molar-refractivity contribution in [2.45, 2.75) is 6.18 Å². The third kappa shape index (κ3) is 5.15. The summed E-state index contributed by atoms with van der Waals surface area (Å²) in [5.74, 6) is -1.96. The van der Waals surface area contributed by atoms with Crippen LogP contribution < -0.4 is 5.43 Å². The molecule has 1 aromatic carbocycles. The Labute approximate surface area is 112 Å². The molecule has 0 aliphatic carbocycles. The molecule has 0 spiro atoms. The highest BCUT2D eigenvalue weighted by Crippen LogP contribution is 2.20. The van der Waals surface area contributed by atoms with Crippen molar-refractivity contribution in [3.05, 3.63) is 29.8 Å². The topological polar surface area (TPSA) is 91.6 Å². The van der Waals surface area contributed by atoms with Crippen LogP contribution in [0.2, 0.25) is 0 Å². The Balaban J connectivity index is 3.00. The van der Waals surface area contributed by atoms with Gasteiger partial charge < -0.3 is 4.18 Å². The van der Waals surface area contributed by atoms with E-state index >= 15 is 0 Å². The van der Waals surface area contributed by atoms with Crippen molar-refractivity contribution >= 4 is 21.7 Å². The zero-order chi connectivity index (χ0) is 15.4. The molecule has 0 saturated heterocycles. The molecule has 1 rings (SSSR count). The SMILES string of the molecule is CS(=O)(=O)OC(=NNc1cccc(C#N)c1)C(F)(F)F. The van der Waals surface area contributed by atoms with Crippen LogP contribution in [-0.4, -0.2) is 26.7 Å². The van der Waals surface area contributed by atoms with Crippen LogP contribution in [0.15, 0.2) is 29.4 Å². The fraction of sp³-hybridized carbons (Fsp3) is 0.200. The van der Waals surface area contributed by atoms with Gasteiger partial charge in [-0.2, -0.15) is 26.9 Å². The number of hydrogen-bond acceptors (Lipinski definition) is 6. The smallest absolute Gasteiger partial charge is 0.355 e. The molecular weight excluding hydrogens is 299 g/mol. The number of anilines is 1. The molecular formula is C10H8F3N3O3S. The maximum absolute atomic E-state index is 12.5. The van der Waals surface area contributed by atoms with Crippen molar-refractivity contribution in [2.75, 3.05) is 11.7 Å². The zero-order valence-electron chi connectivity index (χ0n) is 9.97. The first-order valence-corrected chi connectivity index (χ1v) is 6.74. The summed E-state index contributed by atoms with van der Waals surface area (Å²) in [5.41, 5.74) is 2.25. The largest absolute Gasteiger partial charge is 0.471 e. The number of nitriles is 1. The van der Waals surface area contributed by atoms with Gasteiger partial charge in [0.25, 0.3) is 0 Å². The number of hydrogen-bond donors (Lipinski definition) is 1. The van der Waals surface area contributed by atoms with Gasteiger partial charge in [0.2, 0.25) is 0 Å². The van der Waals surface area contributed by atoms with E-state index in [9.17, 15) is 21.6 Å². The molecule has 10 heteroatoms. The van der Waals surface area contributed by atoms with Gasteiger partial charge in [0.15, 0.2) is 0 Å². The summed E-state index contributed by atoms with van der Waals surface area (Å²) in [7, 11) is -4.37. The second kappa shape index (κ2) is 5.79. The second-order valence-corrected chi connectivity index (χ2v) is 5.08. The average molecular weight is 307 g/mol. The molecule has 0 amide bonds. The van der Waals surface area contributed by atoms with Crippen LogP contribution in [0.3, 0.4) is 0 Å². The normalized spacial score (nSPS) is 12.7. The number of hydrazone groups is 1. The highest BCUT2D eigenvalue weighted by atomic mass is 32.2. The van der Waals surface area contributed by atoms with Gasteiger partial charge in [-0.15, -0.1) is 5.10 Å². The van der Waals surface area contributed by atoms with Gasteiger partial charge >= 0.3 is 22.2 Å². The number of rotatable bonds is 3. The first kappa shape index (κ1) is 15.8. The van der Waals surface area contributed by atoms with Crippen LogP contribution in [0.5, 0.6) is 0 Å². The molecule has 1 N–H and O–H groups in total. The van der Waals surface area contributed by atoms with Crippen molar-refractivity contribution in [3.63, 3.8) is 0 Å². The molecule has 6 nitrogen and oxygen atoms in total. The van der Waals surface area contributed by atoms with Gasteiger partial charge in [-0.05, 0) is 18.2 Å². The highest BCUT2D eigenvalue weighted by molar-refractivity contribution is 7.86. The Kier molecular flexibility index (Phi) is 4.57. The summed E-state index contributed by atoms with van der Waals surface area (Å²) < 4.78 is 62.7. The molecule has 108 valence electrons. The predicted molar refractivity (Wildman–Crippen MR) is 64.2 cm³/mol. The predicted octanol–water partition coefficient (Wildman–Crippen LogP) is 1.82. The summed E-state index contributed by atoms with van der Waals surface area (Å²) in [4.78, 5) is 0. The summed E-state index contributed by atoms with van der Waals surface area (Å²) in [5, 5.41) is 11.5. The first-order valence-electron chi connectivity index (χ1n) is 4.92. The fourth-order valence-electron chi connectivity index (χ4n) is 1.05. The number of nitrogens with one attached hydrogen (secondary N) is 1. The number of halogens is 3. The summed E-state index contributed by atoms with van der Waals surface area (Å²) in [6, 6.07) is 7.22. The van der Waals surface area contributed by atoms with Crippen LogP contribution in [0, 0.1) is 11.3 Å². The average Bonchev–Trinajstić information content (AvgIpc) is 2.32. The Morgan fingerprint density at radius 3 is 2.60 bits per heavy atom. The highest BCUT2D eigenvalue weighted by Gasteiger charge is 2.41. The Morgan fingerprint density at radius 2 is 2.10 bits per heavy atom. The van der Waals surface area contributed by atoms with E-state index in [4.69, 9.17) is 5.26 Å². The van der Waals surface area contributed by atoms with Crippen LogP contribution in [0.1, 0.15) is 5.56 Å². The van der Waals surface area contributed by atoms with Crippen LogP contribution in [-0.2, 0) is 14.3 Å². The molecule has 0 saturated carbocycles. The lowest BCUT2D eigenvalue weighted by Crippen LogP contribution is -2.29. The minimum Gasteiger partial charge on any atom is -0.355 e. The molecule has 0 heterocycles. The maximum Gasteiger partial charge on any atom is 0.471 e. The van der Waals surface area contributed by atoms with Crippen molar-refractivity contribution < 1.29 is 25.8 Å². The quantitative estimate of drug-likeness (QED) is 0.398. The minimum atomic E-state index is -5.08. The van der Waals surface area contributed by atoms with E-state index in [-0.39, 0.29) is 11.3 Å². The van der Waals surface area contributed by atoms with Crippen LogP contribution >= 0.6 is 0 Å². The minimum absolute atomic E-state index is 0.0721. The lowest BCUT2D eigenvalue weighted by molar-refractivity contribution is -0.0707. The number of alkyl halides is 3. The van der Waals surface area contributed by atoms with E-state index in [1.165, 1.54) is 24.3 Å². The van der Waals surface area contributed by atoms with Crippen molar-refractivity contribution in [3.8, 4) is 6.07 Å². The maximum atomic E-state index is 12.5. The van der Waals surface area contributed by atoms with Crippen molar-refractivity contribution in [1.29, 1.82) is 5.26 Å². The van der Waals surface area contributed by atoms with E-state index in [0.717, 1.165) is 0 Å². The van der Waals surface area contributed by atoms with Crippen LogP contribution in [0.4, 0.5) is 18.9 Å². The molecule has 0 aliphatic rings. The third-order valence-electron chi connectivity index (χ3n) is 1.75. The lowest BCUT2D eigenvalue weighted by Gasteiger charge is -2.10. The monoisotopic (exact) mass is 307 g/mol. The number of benzene rings is 1. The van der Waals surface area contributed by atoms with Gasteiger partial charge in [0.05, 0.1) is 23.6 Å². The Bertz CT molecular complexity index is 662. The van der Waals surface area contributed by atoms with Gasteiger partial charge in [0.1, 0.15) is 0 Å². The third-order valence-corrected chi connectivity index (χ3v) is 2.21. The van der Waals surface area contributed by atoms with Crippen LogP contribution in [0.25, 0.3) is 0 Å². The van der Waals surface area contributed by atoms with E-state index in [1.807, 2.05) is 5.43 Å². The van der Waals surface area contributed by atoms with E-state index in [0.29, 0.717) is 6.26 Å². The van der Waals surface area contributed by atoms with E-state index < -0.39 is 22.2 Å². The first-order chi connectivity index (χ1) is 9.12. The molecule has 20 heavy (non-hydrogen) atoms. The molecule has 0 fully saturated rings. The van der Waals surface area contributed by atoms with Gasteiger partial charge in [-0.1, -0.05) is 6.07 Å². The van der Waals surface area contributed by atoms with E-state index in [2.05, 4.69) is 9.28 Å². The molecule has 0 radical (unpaired) electrons. The molecule has 0 aromatic heterocycles. The molecule has 0 unspecified atom stereocenters. The summed E-state index contributed by atoms with van der Waals surface area (Å²) in [6.45, 7) is 0. The van der Waals surface area contributed by atoms with Gasteiger partial charge in [-0.3, -0.25) is 5.43 Å². The molecule has 1 aromatic rings. The lowest BCUT2D eigenvalue weighted by atomic mass is 10.2. The number of nitrogens with zero attached hydrogens (tertiary/aromatic N) is 2. The summed E-state index contributed by atoms with van der Waals surface area (Å²) >= 11 is 0.